The summed E-state index contributed by atoms with van der Waals surface area (Å²) in [5, 5.41) is 25.3. The van der Waals surface area contributed by atoms with E-state index < -0.39 is 35.0 Å². The van der Waals surface area contributed by atoms with E-state index in [1.165, 1.54) is 11.3 Å². The molecule has 0 radical (unpaired) electrons. The number of thiazole rings is 1. The van der Waals surface area contributed by atoms with Gasteiger partial charge in [-0.2, -0.15) is 0 Å². The number of Topliss-reactive ketones (excluding diaryl/α,β-unsaturated/α-hetero) is 1. The van der Waals surface area contributed by atoms with Crippen LogP contribution < -0.4 is 0 Å². The van der Waals surface area contributed by atoms with Crippen molar-refractivity contribution in [1.29, 1.82) is 0 Å². The van der Waals surface area contributed by atoms with Gasteiger partial charge in [0.2, 0.25) is 5.79 Å². The van der Waals surface area contributed by atoms with Crippen molar-refractivity contribution in [2.75, 3.05) is 0 Å². The zero-order chi connectivity index (χ0) is 26.2. The molecule has 0 aliphatic carbocycles. The van der Waals surface area contributed by atoms with Crippen molar-refractivity contribution in [3.8, 4) is 0 Å². The molecule has 2 fully saturated rings. The first-order valence-electron chi connectivity index (χ1n) is 12.6. The summed E-state index contributed by atoms with van der Waals surface area (Å²) >= 11 is 1.50. The summed E-state index contributed by atoms with van der Waals surface area (Å²) in [7, 11) is 0. The Morgan fingerprint density at radius 3 is 2.54 bits per heavy atom. The average molecular weight is 508 g/mol. The first-order valence-corrected chi connectivity index (χ1v) is 13.5. The van der Waals surface area contributed by atoms with Crippen LogP contribution in [0.2, 0.25) is 0 Å². The summed E-state index contributed by atoms with van der Waals surface area (Å²) in [6.45, 7) is 13.3. The van der Waals surface area contributed by atoms with Gasteiger partial charge < -0.3 is 19.7 Å². The molecule has 6 unspecified atom stereocenters. The summed E-state index contributed by atoms with van der Waals surface area (Å²) in [6.07, 6.45) is 2.56. The molecule has 3 heterocycles. The Balaban J connectivity index is 1.90. The predicted octanol–water partition coefficient (Wildman–Crippen LogP) is 4.83. The van der Waals surface area contributed by atoms with E-state index in [0.717, 1.165) is 24.3 Å². The number of aliphatic hydroxyl groups is 2. The molecule has 2 saturated heterocycles. The molecule has 196 valence electrons. The molecule has 3 rings (SSSR count). The molecule has 1 aromatic rings. The number of aliphatic hydroxyl groups excluding tert-OH is 1. The molecule has 8 heteroatoms. The van der Waals surface area contributed by atoms with Crippen molar-refractivity contribution in [2.24, 2.45) is 17.3 Å². The van der Waals surface area contributed by atoms with Crippen LogP contribution in [0.3, 0.4) is 0 Å². The third kappa shape index (κ3) is 6.21. The number of hydrogen-bond donors (Lipinski definition) is 2. The maximum absolute atomic E-state index is 13.1. The van der Waals surface area contributed by atoms with E-state index in [1.54, 1.807) is 19.9 Å². The van der Waals surface area contributed by atoms with Gasteiger partial charge in [0.1, 0.15) is 11.4 Å². The highest BCUT2D eigenvalue weighted by molar-refractivity contribution is 7.09. The summed E-state index contributed by atoms with van der Waals surface area (Å²) < 4.78 is 11.5. The summed E-state index contributed by atoms with van der Waals surface area (Å²) in [4.78, 5) is 30.5. The third-order valence-electron chi connectivity index (χ3n) is 7.68. The number of ether oxygens (including phenoxy) is 2. The number of epoxide rings is 1. The number of fused-ring (bicyclic) bond motifs is 1. The van der Waals surface area contributed by atoms with Crippen LogP contribution in [0.4, 0.5) is 0 Å². The van der Waals surface area contributed by atoms with E-state index in [2.05, 4.69) is 11.9 Å². The smallest absolute Gasteiger partial charge is 0.306 e. The zero-order valence-corrected chi connectivity index (χ0v) is 22.9. The molecule has 0 aromatic carbocycles. The van der Waals surface area contributed by atoms with Crippen molar-refractivity contribution in [2.45, 2.75) is 111 Å². The number of aryl methyl sites for hydroxylation is 1. The zero-order valence-electron chi connectivity index (χ0n) is 22.1. The number of cyclic esters (lactones) is 1. The number of hydrogen-bond acceptors (Lipinski definition) is 8. The maximum atomic E-state index is 13.1. The van der Waals surface area contributed by atoms with Crippen LogP contribution in [0.1, 0.15) is 90.8 Å². The Labute approximate surface area is 212 Å². The molecule has 6 atom stereocenters. The van der Waals surface area contributed by atoms with Crippen molar-refractivity contribution in [3.05, 3.63) is 21.7 Å². The molecule has 0 bridgehead atoms. The Kier molecular flexibility index (Phi) is 8.31. The van der Waals surface area contributed by atoms with Crippen LogP contribution in [0.15, 0.2) is 11.0 Å². The fraction of sp³-hybridized carbons (Fsp3) is 0.741. The summed E-state index contributed by atoms with van der Waals surface area (Å²) in [6, 6.07) is 0. The molecular formula is C27H41NO6S. The lowest BCUT2D eigenvalue weighted by Gasteiger charge is -2.30. The van der Waals surface area contributed by atoms with Crippen LogP contribution in [0.25, 0.3) is 6.08 Å². The highest BCUT2D eigenvalue weighted by Gasteiger charge is 2.71. The maximum Gasteiger partial charge on any atom is 0.306 e. The number of carbonyl (C=O) groups is 2. The van der Waals surface area contributed by atoms with Crippen LogP contribution in [-0.4, -0.2) is 50.5 Å². The fourth-order valence-electron chi connectivity index (χ4n) is 5.32. The van der Waals surface area contributed by atoms with Gasteiger partial charge in [-0.05, 0) is 57.6 Å². The number of aromatic nitrogens is 1. The van der Waals surface area contributed by atoms with E-state index in [4.69, 9.17) is 9.47 Å². The van der Waals surface area contributed by atoms with Crippen molar-refractivity contribution < 1.29 is 29.3 Å². The van der Waals surface area contributed by atoms with Crippen LogP contribution in [0.5, 0.6) is 0 Å². The topological polar surface area (TPSA) is 109 Å². The van der Waals surface area contributed by atoms with Crippen LogP contribution in [-0.2, 0) is 19.1 Å². The second kappa shape index (κ2) is 10.4. The lowest BCUT2D eigenvalue weighted by Crippen LogP contribution is -2.47. The Hall–Kier alpha value is -1.61. The molecule has 0 spiro atoms. The second-order valence-corrected chi connectivity index (χ2v) is 12.5. The quantitative estimate of drug-likeness (QED) is 0.436. The number of rotatable bonds is 2. The normalized spacial score (nSPS) is 37.5. The summed E-state index contributed by atoms with van der Waals surface area (Å²) in [5.74, 6) is -1.95. The van der Waals surface area contributed by atoms with Gasteiger partial charge in [0.15, 0.2) is 12.2 Å². The standard InChI is InChI=1S/C27H41NO6S/c1-16-9-8-11-26(7)27(32,34-26)24(31)22(17(2)14-20-15-35-19(4)28-20)33-21(29)10-12-25(5,6)23(30)18(3)13-16/h14-16,18,22,24,31-32H,8-13H2,1-7H3. The molecule has 2 aliphatic rings. The van der Waals surface area contributed by atoms with Crippen molar-refractivity contribution in [3.63, 3.8) is 0 Å². The van der Waals surface area contributed by atoms with E-state index in [1.807, 2.05) is 33.1 Å². The molecule has 0 saturated carbocycles. The van der Waals surface area contributed by atoms with Gasteiger partial charge in [-0.25, -0.2) is 4.98 Å². The minimum Gasteiger partial charge on any atom is -0.455 e. The molecule has 7 nitrogen and oxygen atoms in total. The van der Waals surface area contributed by atoms with Gasteiger partial charge in [0, 0.05) is 23.1 Å². The first kappa shape index (κ1) is 28.0. The van der Waals surface area contributed by atoms with Crippen molar-refractivity contribution >= 4 is 29.2 Å². The molecule has 0 amide bonds. The molecular weight excluding hydrogens is 466 g/mol. The van der Waals surface area contributed by atoms with Gasteiger partial charge in [0.25, 0.3) is 0 Å². The Morgan fingerprint density at radius 1 is 1.23 bits per heavy atom. The molecule has 2 N–H and O–H groups in total. The number of esters is 1. The summed E-state index contributed by atoms with van der Waals surface area (Å²) in [5.41, 5.74) is -0.347. The SMILES string of the molecule is CC(=Cc1csc(C)n1)C1OC(=O)CCC(C)(C)C(=O)C(C)CC(C)CCCC2(C)OC2(O)C1O. The van der Waals surface area contributed by atoms with E-state index in [0.29, 0.717) is 30.0 Å². The van der Waals surface area contributed by atoms with E-state index in [-0.39, 0.29) is 18.1 Å². The van der Waals surface area contributed by atoms with E-state index in [9.17, 15) is 19.8 Å². The monoisotopic (exact) mass is 507 g/mol. The molecule has 35 heavy (non-hydrogen) atoms. The van der Waals surface area contributed by atoms with Crippen LogP contribution >= 0.6 is 11.3 Å². The highest BCUT2D eigenvalue weighted by Crippen LogP contribution is 2.53. The fourth-order valence-corrected chi connectivity index (χ4v) is 5.89. The molecule has 2 aliphatic heterocycles. The lowest BCUT2D eigenvalue weighted by atomic mass is 9.75. The van der Waals surface area contributed by atoms with Crippen molar-refractivity contribution in [1.82, 2.24) is 4.98 Å². The predicted molar refractivity (Wildman–Crippen MR) is 136 cm³/mol. The number of nitrogens with zero attached hydrogens (tertiary/aromatic N) is 1. The minimum atomic E-state index is -1.81. The lowest BCUT2D eigenvalue weighted by molar-refractivity contribution is -0.165. The second-order valence-electron chi connectivity index (χ2n) is 11.4. The van der Waals surface area contributed by atoms with Gasteiger partial charge >= 0.3 is 5.97 Å². The third-order valence-corrected chi connectivity index (χ3v) is 8.47. The largest absolute Gasteiger partial charge is 0.455 e. The van der Waals surface area contributed by atoms with Crippen LogP contribution in [0, 0.1) is 24.2 Å². The van der Waals surface area contributed by atoms with Gasteiger partial charge in [-0.15, -0.1) is 11.3 Å². The van der Waals surface area contributed by atoms with Gasteiger partial charge in [-0.3, -0.25) is 9.59 Å². The van der Waals surface area contributed by atoms with Gasteiger partial charge in [0.05, 0.1) is 10.7 Å². The minimum absolute atomic E-state index is 0.0316. The number of ketones is 1. The molecule has 1 aromatic heterocycles. The average Bonchev–Trinajstić information content (AvgIpc) is 3.09. The highest BCUT2D eigenvalue weighted by atomic mass is 32.1. The first-order chi connectivity index (χ1) is 16.2. The Bertz CT molecular complexity index is 971. The Morgan fingerprint density at radius 2 is 1.91 bits per heavy atom. The van der Waals surface area contributed by atoms with E-state index >= 15 is 0 Å². The number of carbonyl (C=O) groups excluding carboxylic acids is 2. The van der Waals surface area contributed by atoms with Gasteiger partial charge in [-0.1, -0.05) is 40.5 Å².